The molecule has 9 atom stereocenters. The molecule has 0 aromatic carbocycles. The van der Waals surface area contributed by atoms with Crippen molar-refractivity contribution in [3.63, 3.8) is 0 Å². The molecule has 0 aromatic heterocycles. The van der Waals surface area contributed by atoms with Crippen LogP contribution in [0.4, 0.5) is 0 Å². The summed E-state index contributed by atoms with van der Waals surface area (Å²) in [6, 6.07) is 0. The van der Waals surface area contributed by atoms with Crippen LogP contribution in [0.2, 0.25) is 0 Å². The molecule has 5 rings (SSSR count). The van der Waals surface area contributed by atoms with E-state index in [1.165, 1.54) is 70.6 Å². The Bertz CT molecular complexity index is 775. The normalized spacial score (nSPS) is 58.7. The van der Waals surface area contributed by atoms with Gasteiger partial charge in [-0.3, -0.25) is 0 Å². The monoisotopic (exact) mass is 440 g/mol. The third-order valence-corrected chi connectivity index (χ3v) is 14.8. The molecule has 0 heteroatoms. The maximum atomic E-state index is 2.81. The largest absolute Gasteiger partial charge is 0.0615 e. The highest BCUT2D eigenvalue weighted by molar-refractivity contribution is 5.19. The molecule has 0 aliphatic heterocycles. The average Bonchev–Trinajstić information content (AvgIpc) is 2.69. The van der Waals surface area contributed by atoms with Gasteiger partial charge in [0, 0.05) is 0 Å². The molecule has 5 fully saturated rings. The summed E-state index contributed by atoms with van der Waals surface area (Å²) >= 11 is 0. The second-order valence-electron chi connectivity index (χ2n) is 16.8. The molecule has 0 saturated heterocycles. The predicted molar refractivity (Wildman–Crippen MR) is 139 cm³/mol. The van der Waals surface area contributed by atoms with Gasteiger partial charge in [0.05, 0.1) is 0 Å². The number of fused-ring (bicyclic) bond motifs is 7. The topological polar surface area (TPSA) is 0 Å². The molecular weight excluding hydrogens is 384 g/mol. The smallest absolute Gasteiger partial charge is 0.0235 e. The summed E-state index contributed by atoms with van der Waals surface area (Å²) in [5.41, 5.74) is 3.84. The summed E-state index contributed by atoms with van der Waals surface area (Å²) in [4.78, 5) is 0. The Morgan fingerprint density at radius 1 is 0.500 bits per heavy atom. The summed E-state index contributed by atoms with van der Waals surface area (Å²) in [5, 5.41) is 0. The minimum Gasteiger partial charge on any atom is -0.0615 e. The van der Waals surface area contributed by atoms with Crippen molar-refractivity contribution in [3.05, 3.63) is 0 Å². The Balaban J connectivity index is 1.54. The summed E-state index contributed by atoms with van der Waals surface area (Å²) in [7, 11) is 0. The van der Waals surface area contributed by atoms with Crippen molar-refractivity contribution in [1.29, 1.82) is 0 Å². The van der Waals surface area contributed by atoms with Crippen LogP contribution in [0.15, 0.2) is 0 Å². The van der Waals surface area contributed by atoms with E-state index in [-0.39, 0.29) is 0 Å². The Morgan fingerprint density at radius 3 is 1.75 bits per heavy atom. The van der Waals surface area contributed by atoms with Crippen molar-refractivity contribution in [2.24, 2.45) is 61.6 Å². The van der Waals surface area contributed by atoms with Crippen LogP contribution < -0.4 is 0 Å². The van der Waals surface area contributed by atoms with Crippen molar-refractivity contribution in [2.45, 2.75) is 140 Å². The van der Waals surface area contributed by atoms with Crippen LogP contribution in [0.1, 0.15) is 140 Å². The number of hydrogen-bond donors (Lipinski definition) is 0. The van der Waals surface area contributed by atoms with Crippen molar-refractivity contribution in [3.8, 4) is 0 Å². The second-order valence-corrected chi connectivity index (χ2v) is 16.8. The Hall–Kier alpha value is 0. The molecular formula is C32H56. The van der Waals surface area contributed by atoms with Crippen molar-refractivity contribution >= 4 is 0 Å². The maximum Gasteiger partial charge on any atom is -0.0235 e. The Kier molecular flexibility index (Phi) is 4.90. The Labute approximate surface area is 201 Å². The van der Waals surface area contributed by atoms with E-state index < -0.39 is 0 Å². The molecule has 5 saturated carbocycles. The fraction of sp³-hybridized carbons (Fsp3) is 1.00. The van der Waals surface area contributed by atoms with Gasteiger partial charge in [-0.05, 0) is 132 Å². The first-order valence-corrected chi connectivity index (χ1v) is 14.5. The number of rotatable bonds is 0. The zero-order chi connectivity index (χ0) is 23.6. The van der Waals surface area contributed by atoms with Crippen molar-refractivity contribution < 1.29 is 0 Å². The molecule has 5 aliphatic carbocycles. The SMILES string of the molecule is CC1C(C)(C)CCC2C1(C)CCC1C2(C)CC[C@@]2(C)C3CC(C)(C)CCC3(C)CCC12C. The average molecular weight is 441 g/mol. The van der Waals surface area contributed by atoms with E-state index in [2.05, 4.69) is 69.2 Å². The van der Waals surface area contributed by atoms with Gasteiger partial charge < -0.3 is 0 Å². The minimum atomic E-state index is 0.516. The van der Waals surface area contributed by atoms with Gasteiger partial charge in [0.25, 0.3) is 0 Å². The second kappa shape index (κ2) is 6.60. The fourth-order valence-electron chi connectivity index (χ4n) is 11.9. The molecule has 0 spiro atoms. The minimum absolute atomic E-state index is 0.516. The van der Waals surface area contributed by atoms with Crippen LogP contribution in [0.5, 0.6) is 0 Å². The standard InChI is InChI=1S/C32H56/c1-22-27(4,5)13-11-23-29(22,7)14-12-24-30(23,8)18-20-32(10)25-21-26(2,3)15-16-28(25,6)17-19-31(24,32)9/h22-25H,11-21H2,1-10H3/t22?,23?,24?,25?,28?,29?,30?,31?,32-/m0/s1. The maximum absolute atomic E-state index is 2.81. The predicted octanol–water partition coefficient (Wildman–Crippen LogP) is 9.91. The third-order valence-electron chi connectivity index (χ3n) is 14.8. The molecule has 0 N–H and O–H groups in total. The quantitative estimate of drug-likeness (QED) is 0.351. The fourth-order valence-corrected chi connectivity index (χ4v) is 11.9. The van der Waals surface area contributed by atoms with E-state index in [0.717, 1.165) is 23.7 Å². The number of hydrogen-bond acceptors (Lipinski definition) is 0. The molecule has 0 radical (unpaired) electrons. The van der Waals surface area contributed by atoms with E-state index in [1.54, 1.807) is 0 Å². The van der Waals surface area contributed by atoms with E-state index in [9.17, 15) is 0 Å². The molecule has 0 nitrogen and oxygen atoms in total. The first-order valence-electron chi connectivity index (χ1n) is 14.5. The van der Waals surface area contributed by atoms with Gasteiger partial charge in [-0.15, -0.1) is 0 Å². The van der Waals surface area contributed by atoms with Crippen LogP contribution in [0.25, 0.3) is 0 Å². The highest BCUT2D eigenvalue weighted by Gasteiger charge is 2.71. The van der Waals surface area contributed by atoms with Gasteiger partial charge >= 0.3 is 0 Å². The van der Waals surface area contributed by atoms with Crippen LogP contribution in [0, 0.1) is 61.6 Å². The summed E-state index contributed by atoms with van der Waals surface area (Å²) in [6.07, 6.45) is 16.3. The molecule has 0 amide bonds. The highest BCUT2D eigenvalue weighted by Crippen LogP contribution is 2.79. The van der Waals surface area contributed by atoms with E-state index in [4.69, 9.17) is 0 Å². The lowest BCUT2D eigenvalue weighted by Crippen LogP contribution is -2.68. The van der Waals surface area contributed by atoms with Crippen molar-refractivity contribution in [1.82, 2.24) is 0 Å². The van der Waals surface area contributed by atoms with Gasteiger partial charge in [0.2, 0.25) is 0 Å². The summed E-state index contributed by atoms with van der Waals surface area (Å²) in [6.45, 7) is 26.8. The van der Waals surface area contributed by atoms with E-state index in [0.29, 0.717) is 37.9 Å². The first-order chi connectivity index (χ1) is 14.5. The van der Waals surface area contributed by atoms with Gasteiger partial charge in [-0.1, -0.05) is 69.2 Å². The van der Waals surface area contributed by atoms with E-state index >= 15 is 0 Å². The highest BCUT2D eigenvalue weighted by atomic mass is 14.8. The lowest BCUT2D eigenvalue weighted by atomic mass is 9.29. The first kappa shape index (κ1) is 23.7. The van der Waals surface area contributed by atoms with Crippen LogP contribution in [-0.2, 0) is 0 Å². The Morgan fingerprint density at radius 2 is 1.06 bits per heavy atom. The van der Waals surface area contributed by atoms with Gasteiger partial charge in [0.15, 0.2) is 0 Å². The zero-order valence-corrected chi connectivity index (χ0v) is 23.6. The molecule has 0 heterocycles. The van der Waals surface area contributed by atoms with Crippen LogP contribution in [-0.4, -0.2) is 0 Å². The van der Waals surface area contributed by atoms with Crippen molar-refractivity contribution in [2.75, 3.05) is 0 Å². The van der Waals surface area contributed by atoms with Gasteiger partial charge in [0.1, 0.15) is 0 Å². The molecule has 5 aliphatic rings. The van der Waals surface area contributed by atoms with E-state index in [1.807, 2.05) is 0 Å². The zero-order valence-electron chi connectivity index (χ0n) is 23.6. The molecule has 8 unspecified atom stereocenters. The lowest BCUT2D eigenvalue weighted by molar-refractivity contribution is -0.264. The lowest BCUT2D eigenvalue weighted by Gasteiger charge is -2.75. The molecule has 0 bridgehead atoms. The van der Waals surface area contributed by atoms with Crippen LogP contribution >= 0.6 is 0 Å². The third kappa shape index (κ3) is 2.80. The van der Waals surface area contributed by atoms with Crippen LogP contribution in [0.3, 0.4) is 0 Å². The van der Waals surface area contributed by atoms with Gasteiger partial charge in [-0.2, -0.15) is 0 Å². The summed E-state index contributed by atoms with van der Waals surface area (Å²) < 4.78 is 0. The molecule has 184 valence electrons. The summed E-state index contributed by atoms with van der Waals surface area (Å²) in [5.74, 6) is 3.66. The molecule has 32 heavy (non-hydrogen) atoms. The van der Waals surface area contributed by atoms with Gasteiger partial charge in [-0.25, -0.2) is 0 Å². The molecule has 0 aromatic rings.